The van der Waals surface area contributed by atoms with E-state index in [9.17, 15) is 14.4 Å². The Hall–Kier alpha value is -2.41. The number of carbonyl (C=O) groups excluding carboxylic acids is 2. The van der Waals surface area contributed by atoms with Crippen LogP contribution in [-0.2, 0) is 9.59 Å². The molecule has 1 aliphatic heterocycles. The van der Waals surface area contributed by atoms with Crippen LogP contribution in [0.4, 0.5) is 0 Å². The second-order valence-electron chi connectivity index (χ2n) is 4.74. The number of ether oxygens (including phenoxy) is 1. The van der Waals surface area contributed by atoms with Gasteiger partial charge < -0.3 is 9.84 Å². The van der Waals surface area contributed by atoms with E-state index in [4.69, 9.17) is 9.84 Å². The van der Waals surface area contributed by atoms with Crippen molar-refractivity contribution in [1.29, 1.82) is 0 Å². The molecule has 1 saturated heterocycles. The number of carbonyl (C=O) groups is 3. The van der Waals surface area contributed by atoms with E-state index in [1.165, 1.54) is 12.1 Å². The van der Waals surface area contributed by atoms with Gasteiger partial charge in [0.05, 0.1) is 18.2 Å². The highest BCUT2D eigenvalue weighted by atomic mass is 16.5. The van der Waals surface area contributed by atoms with Crippen molar-refractivity contribution < 1.29 is 24.2 Å². The Kier molecular flexibility index (Phi) is 4.54. The van der Waals surface area contributed by atoms with Gasteiger partial charge in [-0.25, -0.2) is 4.79 Å². The molecule has 2 rings (SSSR count). The zero-order valence-corrected chi connectivity index (χ0v) is 11.5. The molecule has 7 heteroatoms. The number of benzene rings is 1. The molecule has 7 nitrogen and oxygen atoms in total. The topological polar surface area (TPSA) is 95.9 Å². The largest absolute Gasteiger partial charge is 0.492 e. The SMILES string of the molecule is CC1C(=O)NC(=O)CN1CCOc1cccc(C(=O)O)c1. The summed E-state index contributed by atoms with van der Waals surface area (Å²) in [5.74, 6) is -1.23. The first-order valence-corrected chi connectivity index (χ1v) is 6.51. The minimum Gasteiger partial charge on any atom is -0.492 e. The van der Waals surface area contributed by atoms with Crippen molar-refractivity contribution >= 4 is 17.8 Å². The Morgan fingerprint density at radius 2 is 2.24 bits per heavy atom. The van der Waals surface area contributed by atoms with Gasteiger partial charge in [-0.2, -0.15) is 0 Å². The standard InChI is InChI=1S/C14H16N2O5/c1-9-13(18)15-12(17)8-16(9)5-6-21-11-4-2-3-10(7-11)14(19)20/h2-4,7,9H,5-6,8H2,1H3,(H,19,20)(H,15,17,18). The second kappa shape index (κ2) is 6.36. The molecule has 0 aromatic heterocycles. The molecular weight excluding hydrogens is 276 g/mol. The fourth-order valence-corrected chi connectivity index (χ4v) is 2.04. The van der Waals surface area contributed by atoms with Gasteiger partial charge in [0.1, 0.15) is 12.4 Å². The van der Waals surface area contributed by atoms with E-state index in [0.29, 0.717) is 12.3 Å². The summed E-state index contributed by atoms with van der Waals surface area (Å²) in [5, 5.41) is 11.1. The molecule has 0 spiro atoms. The first-order chi connectivity index (χ1) is 9.97. The third-order valence-corrected chi connectivity index (χ3v) is 3.26. The number of piperazine rings is 1. The van der Waals surface area contributed by atoms with E-state index in [1.54, 1.807) is 24.0 Å². The predicted octanol–water partition coefficient (Wildman–Crippen LogP) is 0.110. The molecule has 0 radical (unpaired) electrons. The fraction of sp³-hybridized carbons (Fsp3) is 0.357. The van der Waals surface area contributed by atoms with Gasteiger partial charge >= 0.3 is 5.97 Å². The fourth-order valence-electron chi connectivity index (χ4n) is 2.04. The molecule has 1 fully saturated rings. The third-order valence-electron chi connectivity index (χ3n) is 3.26. The van der Waals surface area contributed by atoms with Crippen LogP contribution in [-0.4, -0.2) is 53.5 Å². The number of aromatic carboxylic acids is 1. The van der Waals surface area contributed by atoms with Crippen LogP contribution in [0.1, 0.15) is 17.3 Å². The molecule has 0 saturated carbocycles. The van der Waals surface area contributed by atoms with Crippen molar-refractivity contribution in [2.75, 3.05) is 19.7 Å². The maximum atomic E-state index is 11.5. The van der Waals surface area contributed by atoms with Crippen molar-refractivity contribution in [2.24, 2.45) is 0 Å². The summed E-state index contributed by atoms with van der Waals surface area (Å²) in [4.78, 5) is 35.3. The molecular formula is C14H16N2O5. The lowest BCUT2D eigenvalue weighted by atomic mass is 10.2. The highest BCUT2D eigenvalue weighted by molar-refractivity contribution is 6.00. The van der Waals surface area contributed by atoms with Gasteiger partial charge in [-0.15, -0.1) is 0 Å². The number of carboxylic acid groups (broad SMARTS) is 1. The van der Waals surface area contributed by atoms with Crippen LogP contribution in [0.3, 0.4) is 0 Å². The molecule has 112 valence electrons. The zero-order valence-electron chi connectivity index (χ0n) is 11.5. The van der Waals surface area contributed by atoms with Gasteiger partial charge in [0.15, 0.2) is 0 Å². The number of rotatable bonds is 5. The molecule has 1 aromatic carbocycles. The van der Waals surface area contributed by atoms with Gasteiger partial charge in [-0.1, -0.05) is 6.07 Å². The first kappa shape index (κ1) is 15.0. The van der Waals surface area contributed by atoms with Crippen LogP contribution >= 0.6 is 0 Å². The summed E-state index contributed by atoms with van der Waals surface area (Å²) in [7, 11) is 0. The Labute approximate surface area is 121 Å². The number of nitrogens with zero attached hydrogens (tertiary/aromatic N) is 1. The highest BCUT2D eigenvalue weighted by Gasteiger charge is 2.29. The maximum Gasteiger partial charge on any atom is 0.335 e. The Bertz CT molecular complexity index is 572. The molecule has 2 amide bonds. The molecule has 1 aliphatic rings. The predicted molar refractivity (Wildman–Crippen MR) is 73.1 cm³/mol. The van der Waals surface area contributed by atoms with Crippen molar-refractivity contribution in [2.45, 2.75) is 13.0 Å². The lowest BCUT2D eigenvalue weighted by molar-refractivity contribution is -0.139. The van der Waals surface area contributed by atoms with Crippen molar-refractivity contribution in [3.05, 3.63) is 29.8 Å². The Morgan fingerprint density at radius 3 is 2.95 bits per heavy atom. The zero-order chi connectivity index (χ0) is 15.4. The van der Waals surface area contributed by atoms with Crippen LogP contribution in [0.15, 0.2) is 24.3 Å². The van der Waals surface area contributed by atoms with E-state index in [2.05, 4.69) is 5.32 Å². The monoisotopic (exact) mass is 292 g/mol. The highest BCUT2D eigenvalue weighted by Crippen LogP contribution is 2.13. The smallest absolute Gasteiger partial charge is 0.335 e. The van der Waals surface area contributed by atoms with E-state index in [0.717, 1.165) is 0 Å². The number of nitrogens with one attached hydrogen (secondary N) is 1. The van der Waals surface area contributed by atoms with E-state index in [-0.39, 0.29) is 30.5 Å². The molecule has 1 atom stereocenters. The van der Waals surface area contributed by atoms with E-state index in [1.807, 2.05) is 0 Å². The molecule has 1 heterocycles. The summed E-state index contributed by atoms with van der Waals surface area (Å²) >= 11 is 0. The van der Waals surface area contributed by atoms with Crippen LogP contribution in [0.25, 0.3) is 0 Å². The third kappa shape index (κ3) is 3.79. The maximum absolute atomic E-state index is 11.5. The number of hydrogen-bond donors (Lipinski definition) is 2. The van der Waals surface area contributed by atoms with E-state index >= 15 is 0 Å². The normalized spacial score (nSPS) is 19.2. The van der Waals surface area contributed by atoms with Gasteiger partial charge in [-0.3, -0.25) is 19.8 Å². The van der Waals surface area contributed by atoms with Gasteiger partial charge in [0.2, 0.25) is 11.8 Å². The molecule has 21 heavy (non-hydrogen) atoms. The minimum absolute atomic E-state index is 0.144. The summed E-state index contributed by atoms with van der Waals surface area (Å²) in [6.07, 6.45) is 0. The molecule has 0 bridgehead atoms. The van der Waals surface area contributed by atoms with Crippen LogP contribution < -0.4 is 10.1 Å². The van der Waals surface area contributed by atoms with Crippen molar-refractivity contribution in [3.63, 3.8) is 0 Å². The summed E-state index contributed by atoms with van der Waals surface area (Å²) in [6, 6.07) is 5.77. The van der Waals surface area contributed by atoms with Gasteiger partial charge in [-0.05, 0) is 25.1 Å². The quantitative estimate of drug-likeness (QED) is 0.748. The number of amides is 2. The summed E-state index contributed by atoms with van der Waals surface area (Å²) < 4.78 is 5.47. The number of imide groups is 1. The Morgan fingerprint density at radius 1 is 1.48 bits per heavy atom. The first-order valence-electron chi connectivity index (χ1n) is 6.51. The van der Waals surface area contributed by atoms with Crippen LogP contribution in [0.5, 0.6) is 5.75 Å². The number of hydrogen-bond acceptors (Lipinski definition) is 5. The molecule has 1 unspecified atom stereocenters. The average Bonchev–Trinajstić information content (AvgIpc) is 2.44. The molecule has 2 N–H and O–H groups in total. The van der Waals surface area contributed by atoms with E-state index < -0.39 is 12.0 Å². The Balaban J connectivity index is 1.89. The summed E-state index contributed by atoms with van der Waals surface area (Å²) in [5.41, 5.74) is 0.147. The lowest BCUT2D eigenvalue weighted by Crippen LogP contribution is -2.57. The van der Waals surface area contributed by atoms with Crippen molar-refractivity contribution in [1.82, 2.24) is 10.2 Å². The lowest BCUT2D eigenvalue weighted by Gasteiger charge is -2.31. The molecule has 1 aromatic rings. The summed E-state index contributed by atoms with van der Waals surface area (Å²) in [6.45, 7) is 2.52. The van der Waals surface area contributed by atoms with Gasteiger partial charge in [0.25, 0.3) is 0 Å². The van der Waals surface area contributed by atoms with Crippen LogP contribution in [0.2, 0.25) is 0 Å². The van der Waals surface area contributed by atoms with Crippen LogP contribution in [0, 0.1) is 0 Å². The average molecular weight is 292 g/mol. The number of carboxylic acids is 1. The van der Waals surface area contributed by atoms with Crippen molar-refractivity contribution in [3.8, 4) is 5.75 Å². The molecule has 0 aliphatic carbocycles. The van der Waals surface area contributed by atoms with Gasteiger partial charge in [0, 0.05) is 6.54 Å². The second-order valence-corrected chi connectivity index (χ2v) is 4.74. The minimum atomic E-state index is -1.02.